The lowest BCUT2D eigenvalue weighted by Gasteiger charge is -2.42. The fourth-order valence-electron chi connectivity index (χ4n) is 2.34. The smallest absolute Gasteiger partial charge is 0.337 e. The van der Waals surface area contributed by atoms with E-state index in [1.807, 2.05) is 6.92 Å². The number of carbonyl (C=O) groups excluding carboxylic acids is 3. The number of aliphatic carboxylic acids is 1. The number of hydrogen-bond donors (Lipinski definition) is 1. The van der Waals surface area contributed by atoms with E-state index >= 15 is 0 Å². The van der Waals surface area contributed by atoms with Crippen molar-refractivity contribution in [1.29, 1.82) is 0 Å². The normalized spacial score (nSPS) is 28.7. The van der Waals surface area contributed by atoms with Crippen LogP contribution in [-0.4, -0.2) is 66.3 Å². The van der Waals surface area contributed by atoms with Gasteiger partial charge < -0.3 is 28.8 Å². The molecule has 1 heterocycles. The minimum Gasteiger partial charge on any atom is -0.479 e. The Morgan fingerprint density at radius 3 is 1.80 bits per heavy atom. The quantitative estimate of drug-likeness (QED) is 0.487. The van der Waals surface area contributed by atoms with E-state index in [1.54, 1.807) is 0 Å². The monoisotopic (exact) mass is 362 g/mol. The molecule has 0 aliphatic carbocycles. The molecule has 1 aliphatic rings. The summed E-state index contributed by atoms with van der Waals surface area (Å²) in [7, 11) is 0. The summed E-state index contributed by atoms with van der Waals surface area (Å²) in [5.74, 6) is -3.77. The highest BCUT2D eigenvalue weighted by atomic mass is 16.7. The first-order valence-corrected chi connectivity index (χ1v) is 7.68. The lowest BCUT2D eigenvalue weighted by Crippen LogP contribution is -2.63. The highest BCUT2D eigenvalue weighted by Crippen LogP contribution is 2.29. The molecular formula is C15H22O10. The molecule has 0 spiro atoms. The Kier molecular flexibility index (Phi) is 7.78. The molecule has 1 rings (SSSR count). The summed E-state index contributed by atoms with van der Waals surface area (Å²) in [5.41, 5.74) is 0. The molecule has 1 N–H and O–H groups in total. The SMILES string of the molecule is CCCOC1OC(C(=O)O)C(OC(C)=O)C(OC(C)=O)C1OC(C)=O. The van der Waals surface area contributed by atoms with Gasteiger partial charge in [0.25, 0.3) is 0 Å². The second kappa shape index (κ2) is 9.33. The average Bonchev–Trinajstić information content (AvgIpc) is 2.47. The van der Waals surface area contributed by atoms with Gasteiger partial charge >= 0.3 is 23.9 Å². The Morgan fingerprint density at radius 2 is 1.36 bits per heavy atom. The van der Waals surface area contributed by atoms with Gasteiger partial charge in [0, 0.05) is 27.4 Å². The molecule has 0 radical (unpaired) electrons. The van der Waals surface area contributed by atoms with Crippen LogP contribution in [0.25, 0.3) is 0 Å². The molecule has 0 aromatic rings. The van der Waals surface area contributed by atoms with Gasteiger partial charge in [0.15, 0.2) is 30.7 Å². The Bertz CT molecular complexity index is 516. The van der Waals surface area contributed by atoms with Crippen LogP contribution in [0.1, 0.15) is 34.1 Å². The molecular weight excluding hydrogens is 340 g/mol. The average molecular weight is 362 g/mol. The Morgan fingerprint density at radius 1 is 0.880 bits per heavy atom. The van der Waals surface area contributed by atoms with Crippen LogP contribution < -0.4 is 0 Å². The van der Waals surface area contributed by atoms with Crippen LogP contribution in [0.2, 0.25) is 0 Å². The summed E-state index contributed by atoms with van der Waals surface area (Å²) in [4.78, 5) is 45.7. The highest BCUT2D eigenvalue weighted by Gasteiger charge is 2.54. The van der Waals surface area contributed by atoms with E-state index in [0.29, 0.717) is 6.42 Å². The maximum Gasteiger partial charge on any atom is 0.337 e. The summed E-state index contributed by atoms with van der Waals surface area (Å²) in [6, 6.07) is 0. The molecule has 10 heteroatoms. The maximum absolute atomic E-state index is 11.5. The van der Waals surface area contributed by atoms with Crippen LogP contribution in [0.15, 0.2) is 0 Å². The van der Waals surface area contributed by atoms with E-state index in [4.69, 9.17) is 23.7 Å². The van der Waals surface area contributed by atoms with Crippen LogP contribution >= 0.6 is 0 Å². The summed E-state index contributed by atoms with van der Waals surface area (Å²) < 4.78 is 25.9. The zero-order chi connectivity index (χ0) is 19.1. The molecule has 0 aromatic heterocycles. The second-order valence-electron chi connectivity index (χ2n) is 5.36. The Balaban J connectivity index is 3.26. The van der Waals surface area contributed by atoms with Crippen LogP contribution in [0.3, 0.4) is 0 Å². The number of esters is 3. The van der Waals surface area contributed by atoms with Gasteiger partial charge in [-0.25, -0.2) is 4.79 Å². The molecule has 142 valence electrons. The van der Waals surface area contributed by atoms with Crippen LogP contribution in [-0.2, 0) is 42.9 Å². The molecule has 10 nitrogen and oxygen atoms in total. The van der Waals surface area contributed by atoms with Crippen molar-refractivity contribution in [1.82, 2.24) is 0 Å². The van der Waals surface area contributed by atoms with E-state index in [-0.39, 0.29) is 6.61 Å². The van der Waals surface area contributed by atoms with Crippen molar-refractivity contribution in [2.75, 3.05) is 6.61 Å². The van der Waals surface area contributed by atoms with Gasteiger partial charge in [-0.15, -0.1) is 0 Å². The first kappa shape index (κ1) is 20.8. The molecule has 1 fully saturated rings. The van der Waals surface area contributed by atoms with Crippen molar-refractivity contribution >= 4 is 23.9 Å². The summed E-state index contributed by atoms with van der Waals surface area (Å²) in [6.45, 7) is 5.25. The fraction of sp³-hybridized carbons (Fsp3) is 0.733. The van der Waals surface area contributed by atoms with Gasteiger partial charge in [0.05, 0.1) is 0 Å². The number of carboxylic acids is 1. The van der Waals surface area contributed by atoms with Crippen molar-refractivity contribution < 1.29 is 48.0 Å². The van der Waals surface area contributed by atoms with E-state index in [2.05, 4.69) is 0 Å². The van der Waals surface area contributed by atoms with Crippen molar-refractivity contribution in [2.24, 2.45) is 0 Å². The minimum absolute atomic E-state index is 0.180. The fourth-order valence-corrected chi connectivity index (χ4v) is 2.34. The summed E-state index contributed by atoms with van der Waals surface area (Å²) >= 11 is 0. The molecule has 5 unspecified atom stereocenters. The van der Waals surface area contributed by atoms with Gasteiger partial charge in [0.1, 0.15) is 0 Å². The third-order valence-corrected chi connectivity index (χ3v) is 3.13. The topological polar surface area (TPSA) is 135 Å². The third kappa shape index (κ3) is 5.98. The zero-order valence-electron chi connectivity index (χ0n) is 14.4. The summed E-state index contributed by atoms with van der Waals surface area (Å²) in [5, 5.41) is 9.36. The van der Waals surface area contributed by atoms with Gasteiger partial charge in [-0.2, -0.15) is 0 Å². The van der Waals surface area contributed by atoms with Crippen molar-refractivity contribution in [2.45, 2.75) is 64.8 Å². The number of ether oxygens (including phenoxy) is 5. The van der Waals surface area contributed by atoms with E-state index in [9.17, 15) is 24.3 Å². The molecule has 1 saturated heterocycles. The van der Waals surface area contributed by atoms with Crippen LogP contribution in [0, 0.1) is 0 Å². The standard InChI is InChI=1S/C15H22O10/c1-5-6-21-15-13(24-9(4)18)11(23-8(3)17)10(22-7(2)16)12(25-15)14(19)20/h10-13,15H,5-6H2,1-4H3,(H,19,20). The lowest BCUT2D eigenvalue weighted by atomic mass is 9.98. The molecule has 5 atom stereocenters. The predicted octanol–water partition coefficient (Wildman–Crippen LogP) is 0.0176. The van der Waals surface area contributed by atoms with Crippen LogP contribution in [0.4, 0.5) is 0 Å². The van der Waals surface area contributed by atoms with Gasteiger partial charge in [-0.05, 0) is 6.42 Å². The summed E-state index contributed by atoms with van der Waals surface area (Å²) in [6.07, 6.45) is -6.60. The van der Waals surface area contributed by atoms with Crippen molar-refractivity contribution in [3.05, 3.63) is 0 Å². The molecule has 0 bridgehead atoms. The van der Waals surface area contributed by atoms with Gasteiger partial charge in [-0.1, -0.05) is 6.92 Å². The largest absolute Gasteiger partial charge is 0.479 e. The van der Waals surface area contributed by atoms with Gasteiger partial charge in [-0.3, -0.25) is 14.4 Å². The number of carbonyl (C=O) groups is 4. The van der Waals surface area contributed by atoms with E-state index in [1.165, 1.54) is 0 Å². The van der Waals surface area contributed by atoms with Crippen molar-refractivity contribution in [3.8, 4) is 0 Å². The van der Waals surface area contributed by atoms with Crippen molar-refractivity contribution in [3.63, 3.8) is 0 Å². The predicted molar refractivity (Wildman–Crippen MR) is 79.2 cm³/mol. The lowest BCUT2D eigenvalue weighted by molar-refractivity contribution is -0.301. The number of rotatable bonds is 7. The van der Waals surface area contributed by atoms with Gasteiger partial charge in [0.2, 0.25) is 0 Å². The van der Waals surface area contributed by atoms with E-state index < -0.39 is 54.6 Å². The molecule has 0 amide bonds. The molecule has 0 saturated carbocycles. The number of carboxylic acid groups (broad SMARTS) is 1. The second-order valence-corrected chi connectivity index (χ2v) is 5.36. The molecule has 25 heavy (non-hydrogen) atoms. The first-order chi connectivity index (χ1) is 11.7. The van der Waals surface area contributed by atoms with E-state index in [0.717, 1.165) is 20.8 Å². The Hall–Kier alpha value is -2.20. The van der Waals surface area contributed by atoms with Crippen LogP contribution in [0.5, 0.6) is 0 Å². The zero-order valence-corrected chi connectivity index (χ0v) is 14.4. The highest BCUT2D eigenvalue weighted by molar-refractivity contribution is 5.75. The third-order valence-electron chi connectivity index (χ3n) is 3.13. The Labute approximate surface area is 144 Å². The molecule has 1 aliphatic heterocycles. The molecule has 0 aromatic carbocycles. The first-order valence-electron chi connectivity index (χ1n) is 7.68. The number of hydrogen-bond acceptors (Lipinski definition) is 9. The maximum atomic E-state index is 11.5. The minimum atomic E-state index is -1.66.